The van der Waals surface area contributed by atoms with E-state index in [1.165, 1.54) is 0 Å². The minimum atomic E-state index is -0.627. The number of furan rings is 1. The number of carbonyl (C=O) groups is 2. The lowest BCUT2D eigenvalue weighted by Gasteiger charge is -2.33. The summed E-state index contributed by atoms with van der Waals surface area (Å²) in [5.41, 5.74) is 5.79. The number of anilines is 1. The van der Waals surface area contributed by atoms with E-state index in [0.717, 1.165) is 49.1 Å². The van der Waals surface area contributed by atoms with Gasteiger partial charge in [-0.2, -0.15) is 0 Å². The highest BCUT2D eigenvalue weighted by atomic mass is 16.5. The molecule has 7 nitrogen and oxygen atoms in total. The third-order valence-electron chi connectivity index (χ3n) is 4.40. The molecule has 24 heavy (non-hydrogen) atoms. The zero-order chi connectivity index (χ0) is 16.9. The van der Waals surface area contributed by atoms with Gasteiger partial charge in [0.1, 0.15) is 11.4 Å². The van der Waals surface area contributed by atoms with Gasteiger partial charge in [-0.05, 0) is 37.3 Å². The van der Waals surface area contributed by atoms with Gasteiger partial charge < -0.3 is 19.8 Å². The Morgan fingerprint density at radius 3 is 2.88 bits per heavy atom. The maximum Gasteiger partial charge on any atom is 0.306 e. The molecule has 1 amide bonds. The number of nitrogens with zero attached hydrogens (tertiary/aromatic N) is 2. The summed E-state index contributed by atoms with van der Waals surface area (Å²) in [4.78, 5) is 28.9. The molecule has 1 aliphatic heterocycles. The van der Waals surface area contributed by atoms with Crippen LogP contribution in [0.4, 0.5) is 5.82 Å². The molecule has 7 heteroatoms. The number of aromatic nitrogens is 1. The highest BCUT2D eigenvalue weighted by Crippen LogP contribution is 2.30. The average molecular weight is 331 g/mol. The summed E-state index contributed by atoms with van der Waals surface area (Å²) in [6.45, 7) is 1.47. The molecule has 2 aromatic rings. The van der Waals surface area contributed by atoms with E-state index in [2.05, 4.69) is 9.88 Å². The summed E-state index contributed by atoms with van der Waals surface area (Å²) in [5, 5.41) is 1.03. The Hall–Kier alpha value is -2.57. The van der Waals surface area contributed by atoms with Crippen LogP contribution in [-0.2, 0) is 14.3 Å². The van der Waals surface area contributed by atoms with E-state index in [-0.39, 0.29) is 12.6 Å². The molecule has 1 aliphatic rings. The number of pyridine rings is 1. The van der Waals surface area contributed by atoms with Crippen LogP contribution in [0.15, 0.2) is 29.0 Å². The minimum Gasteiger partial charge on any atom is -0.464 e. The van der Waals surface area contributed by atoms with E-state index < -0.39 is 5.91 Å². The van der Waals surface area contributed by atoms with Gasteiger partial charge in [0, 0.05) is 25.7 Å². The molecular formula is C17H21N3O4. The van der Waals surface area contributed by atoms with E-state index in [0.29, 0.717) is 12.3 Å². The number of carbonyl (C=O) groups excluding carboxylic acids is 2. The molecule has 0 bridgehead atoms. The van der Waals surface area contributed by atoms with Crippen LogP contribution in [-0.4, -0.2) is 36.6 Å². The van der Waals surface area contributed by atoms with Crippen molar-refractivity contribution < 1.29 is 18.7 Å². The van der Waals surface area contributed by atoms with Crippen LogP contribution >= 0.6 is 0 Å². The van der Waals surface area contributed by atoms with E-state index in [1.807, 2.05) is 12.1 Å². The molecule has 128 valence electrons. The molecule has 0 atom stereocenters. The quantitative estimate of drug-likeness (QED) is 0.811. The Labute approximate surface area is 139 Å². The van der Waals surface area contributed by atoms with Crippen molar-refractivity contribution in [1.29, 1.82) is 0 Å². The third-order valence-corrected chi connectivity index (χ3v) is 4.40. The number of hydrogen-bond acceptors (Lipinski definition) is 6. The van der Waals surface area contributed by atoms with Crippen LogP contribution < -0.4 is 10.6 Å². The van der Waals surface area contributed by atoms with Crippen molar-refractivity contribution in [2.75, 3.05) is 24.6 Å². The first-order valence-electron chi connectivity index (χ1n) is 8.14. The topological polar surface area (TPSA) is 98.7 Å². The minimum absolute atomic E-state index is 0.327. The smallest absolute Gasteiger partial charge is 0.306 e. The number of piperidine rings is 1. The molecule has 0 unspecified atom stereocenters. The van der Waals surface area contributed by atoms with Crippen LogP contribution in [0.2, 0.25) is 0 Å². The van der Waals surface area contributed by atoms with Crippen molar-refractivity contribution in [2.45, 2.75) is 25.7 Å². The van der Waals surface area contributed by atoms with Gasteiger partial charge in [0.2, 0.25) is 0 Å². The number of ether oxygens (including phenoxy) is 1. The van der Waals surface area contributed by atoms with Gasteiger partial charge in [-0.25, -0.2) is 4.98 Å². The molecule has 3 heterocycles. The molecule has 0 aliphatic carbocycles. The maximum absolute atomic E-state index is 11.5. The van der Waals surface area contributed by atoms with E-state index >= 15 is 0 Å². The maximum atomic E-state index is 11.5. The molecule has 1 saturated heterocycles. The molecule has 2 aromatic heterocycles. The number of esters is 1. The summed E-state index contributed by atoms with van der Waals surface area (Å²) in [5.74, 6) is 0.449. The van der Waals surface area contributed by atoms with Gasteiger partial charge in [-0.15, -0.1) is 0 Å². The molecule has 0 spiro atoms. The molecule has 3 rings (SSSR count). The van der Waals surface area contributed by atoms with Crippen LogP contribution in [0.3, 0.4) is 0 Å². The number of fused-ring (bicyclic) bond motifs is 1. The Morgan fingerprint density at radius 1 is 1.33 bits per heavy atom. The van der Waals surface area contributed by atoms with Crippen LogP contribution in [0.1, 0.15) is 25.7 Å². The SMILES string of the molecule is NC(=O)COC(=O)CCC1CCN(c2nccc3occc23)CC1. The van der Waals surface area contributed by atoms with E-state index in [4.69, 9.17) is 14.9 Å². The predicted molar refractivity (Wildman–Crippen MR) is 88.3 cm³/mol. The largest absolute Gasteiger partial charge is 0.464 e. The van der Waals surface area contributed by atoms with Gasteiger partial charge in [0.05, 0.1) is 11.6 Å². The first-order valence-corrected chi connectivity index (χ1v) is 8.14. The van der Waals surface area contributed by atoms with Crippen molar-refractivity contribution in [3.63, 3.8) is 0 Å². The highest BCUT2D eigenvalue weighted by Gasteiger charge is 2.22. The monoisotopic (exact) mass is 331 g/mol. The fourth-order valence-electron chi connectivity index (χ4n) is 3.11. The van der Waals surface area contributed by atoms with Crippen molar-refractivity contribution in [2.24, 2.45) is 11.7 Å². The highest BCUT2D eigenvalue weighted by molar-refractivity contribution is 5.88. The summed E-state index contributed by atoms with van der Waals surface area (Å²) in [6.07, 6.45) is 6.54. The van der Waals surface area contributed by atoms with Gasteiger partial charge in [-0.3, -0.25) is 9.59 Å². The number of amides is 1. The Kier molecular flexibility index (Phi) is 4.98. The lowest BCUT2D eigenvalue weighted by molar-refractivity contribution is -0.148. The second-order valence-corrected chi connectivity index (χ2v) is 6.06. The number of rotatable bonds is 6. The van der Waals surface area contributed by atoms with E-state index in [9.17, 15) is 9.59 Å². The van der Waals surface area contributed by atoms with Gasteiger partial charge in [-0.1, -0.05) is 0 Å². The first-order chi connectivity index (χ1) is 11.6. The van der Waals surface area contributed by atoms with E-state index in [1.54, 1.807) is 12.5 Å². The second kappa shape index (κ2) is 7.33. The Bertz CT molecular complexity index is 719. The predicted octanol–water partition coefficient (Wildman–Crippen LogP) is 1.85. The Balaban J connectivity index is 1.48. The molecule has 2 N–H and O–H groups in total. The fraction of sp³-hybridized carbons (Fsp3) is 0.471. The zero-order valence-corrected chi connectivity index (χ0v) is 13.4. The summed E-state index contributed by atoms with van der Waals surface area (Å²) < 4.78 is 10.2. The molecule has 1 fully saturated rings. The molecule has 0 aromatic carbocycles. The van der Waals surface area contributed by atoms with Crippen molar-refractivity contribution >= 4 is 28.7 Å². The summed E-state index contributed by atoms with van der Waals surface area (Å²) in [7, 11) is 0. The third kappa shape index (κ3) is 3.84. The van der Waals surface area contributed by atoms with Crippen LogP contribution in [0.5, 0.6) is 0 Å². The summed E-state index contributed by atoms with van der Waals surface area (Å²) >= 11 is 0. The zero-order valence-electron chi connectivity index (χ0n) is 13.4. The van der Waals surface area contributed by atoms with Crippen molar-refractivity contribution in [3.8, 4) is 0 Å². The lowest BCUT2D eigenvalue weighted by Crippen LogP contribution is -2.34. The number of nitrogens with two attached hydrogens (primary N) is 1. The van der Waals surface area contributed by atoms with Crippen LogP contribution in [0, 0.1) is 5.92 Å². The van der Waals surface area contributed by atoms with Gasteiger partial charge >= 0.3 is 5.97 Å². The fourth-order valence-corrected chi connectivity index (χ4v) is 3.11. The number of hydrogen-bond donors (Lipinski definition) is 1. The first kappa shape index (κ1) is 16.3. The average Bonchev–Trinajstić information content (AvgIpc) is 3.07. The molecule has 0 radical (unpaired) electrons. The van der Waals surface area contributed by atoms with Crippen molar-refractivity contribution in [1.82, 2.24) is 4.98 Å². The molecular weight excluding hydrogens is 310 g/mol. The summed E-state index contributed by atoms with van der Waals surface area (Å²) in [6, 6.07) is 3.81. The van der Waals surface area contributed by atoms with Crippen LogP contribution in [0.25, 0.3) is 11.0 Å². The van der Waals surface area contributed by atoms with Crippen molar-refractivity contribution in [3.05, 3.63) is 24.6 Å². The normalized spacial score (nSPS) is 15.6. The van der Waals surface area contributed by atoms with Gasteiger partial charge in [0.25, 0.3) is 5.91 Å². The lowest BCUT2D eigenvalue weighted by atomic mass is 9.92. The molecule has 0 saturated carbocycles. The standard InChI is InChI=1S/C17H21N3O4/c18-15(21)11-24-16(22)2-1-12-4-8-20(9-5-12)17-13-6-10-23-14(13)3-7-19-17/h3,6-7,10,12H,1-2,4-5,8-9,11H2,(H2,18,21). The Morgan fingerprint density at radius 2 is 2.12 bits per heavy atom. The van der Waals surface area contributed by atoms with Gasteiger partial charge in [0.15, 0.2) is 6.61 Å². The number of primary amides is 1. The second-order valence-electron chi connectivity index (χ2n) is 6.06.